The monoisotopic (exact) mass is 306 g/mol. The predicted molar refractivity (Wildman–Crippen MR) is 90.2 cm³/mol. The number of ether oxygens (including phenoxy) is 1. The van der Waals surface area contributed by atoms with E-state index in [1.54, 1.807) is 13.2 Å². The summed E-state index contributed by atoms with van der Waals surface area (Å²) in [4.78, 5) is 12.7. The lowest BCUT2D eigenvalue weighted by atomic mass is 10.1. The van der Waals surface area contributed by atoms with Crippen LogP contribution >= 0.6 is 0 Å². The maximum Gasteiger partial charge on any atom is 0.202 e. The number of nitrogen functional groups attached to an aromatic ring is 1. The molecule has 0 amide bonds. The molecule has 0 saturated heterocycles. The molecule has 2 aromatic heterocycles. The number of nitrogens with two attached hydrogens (primary N) is 1. The second-order valence-electron chi connectivity index (χ2n) is 5.22. The number of aromatic nitrogens is 3. The molecule has 3 N–H and O–H groups in total. The van der Waals surface area contributed by atoms with Crippen LogP contribution in [0.3, 0.4) is 0 Å². The molecule has 114 valence electrons. The van der Waals surface area contributed by atoms with E-state index in [1.807, 2.05) is 47.0 Å². The molecule has 4 aromatic rings. The maximum absolute atomic E-state index is 12.7. The van der Waals surface area contributed by atoms with E-state index in [4.69, 9.17) is 10.5 Å². The Hall–Kier alpha value is -3.28. The van der Waals surface area contributed by atoms with Crippen molar-refractivity contribution in [1.82, 2.24) is 14.8 Å². The summed E-state index contributed by atoms with van der Waals surface area (Å²) in [6.07, 6.45) is 0. The van der Waals surface area contributed by atoms with Crippen molar-refractivity contribution in [3.8, 4) is 11.4 Å². The molecular formula is C17H14N4O2. The maximum atomic E-state index is 12.7. The van der Waals surface area contributed by atoms with Gasteiger partial charge in [0.05, 0.1) is 18.3 Å². The molecule has 2 aromatic carbocycles. The molecule has 0 spiro atoms. The van der Waals surface area contributed by atoms with Crippen molar-refractivity contribution in [1.29, 1.82) is 0 Å². The Morgan fingerprint density at radius 2 is 2.00 bits per heavy atom. The molecular weight excluding hydrogens is 292 g/mol. The van der Waals surface area contributed by atoms with Crippen molar-refractivity contribution in [3.05, 3.63) is 58.8 Å². The Morgan fingerprint density at radius 3 is 2.83 bits per heavy atom. The first kappa shape index (κ1) is 13.4. The minimum absolute atomic E-state index is 0.124. The summed E-state index contributed by atoms with van der Waals surface area (Å²) in [6.45, 7) is 0. The van der Waals surface area contributed by atoms with Crippen molar-refractivity contribution in [2.75, 3.05) is 12.8 Å². The first-order valence-corrected chi connectivity index (χ1v) is 7.12. The van der Waals surface area contributed by atoms with Gasteiger partial charge in [0.15, 0.2) is 5.65 Å². The molecule has 0 fully saturated rings. The number of H-pyrrole nitrogens is 1. The van der Waals surface area contributed by atoms with Crippen LogP contribution in [0.25, 0.3) is 27.6 Å². The van der Waals surface area contributed by atoms with E-state index in [0.29, 0.717) is 16.4 Å². The third-order valence-corrected chi connectivity index (χ3v) is 3.92. The van der Waals surface area contributed by atoms with E-state index in [1.165, 1.54) is 0 Å². The van der Waals surface area contributed by atoms with Gasteiger partial charge in [0.1, 0.15) is 17.0 Å². The Morgan fingerprint density at radius 1 is 1.17 bits per heavy atom. The number of pyridine rings is 1. The minimum Gasteiger partial charge on any atom is -0.497 e. The summed E-state index contributed by atoms with van der Waals surface area (Å²) >= 11 is 0. The number of aromatic amines is 1. The average molecular weight is 306 g/mol. The van der Waals surface area contributed by atoms with Crippen LogP contribution in [0.5, 0.6) is 5.75 Å². The fourth-order valence-corrected chi connectivity index (χ4v) is 2.85. The van der Waals surface area contributed by atoms with E-state index >= 15 is 0 Å². The molecule has 0 aliphatic rings. The molecule has 0 radical (unpaired) electrons. The van der Waals surface area contributed by atoms with Crippen LogP contribution in [-0.4, -0.2) is 21.9 Å². The summed E-state index contributed by atoms with van der Waals surface area (Å²) in [5.74, 6) is 0.995. The van der Waals surface area contributed by atoms with Gasteiger partial charge >= 0.3 is 0 Å². The minimum atomic E-state index is -0.124. The van der Waals surface area contributed by atoms with Crippen molar-refractivity contribution in [3.63, 3.8) is 0 Å². The van der Waals surface area contributed by atoms with Crippen LogP contribution in [0.2, 0.25) is 0 Å². The van der Waals surface area contributed by atoms with Crippen LogP contribution < -0.4 is 15.9 Å². The van der Waals surface area contributed by atoms with E-state index in [2.05, 4.69) is 10.2 Å². The molecule has 2 heterocycles. The second kappa shape index (κ2) is 4.88. The quantitative estimate of drug-likeness (QED) is 0.595. The molecule has 0 atom stereocenters. The number of nitrogens with one attached hydrogen (secondary N) is 1. The largest absolute Gasteiger partial charge is 0.497 e. The number of para-hydroxylation sites is 1. The van der Waals surface area contributed by atoms with Gasteiger partial charge in [-0.15, -0.1) is 0 Å². The molecule has 0 bridgehead atoms. The smallest absolute Gasteiger partial charge is 0.202 e. The van der Waals surface area contributed by atoms with E-state index in [0.717, 1.165) is 17.0 Å². The predicted octanol–water partition coefficient (Wildman–Crippen LogP) is 2.46. The van der Waals surface area contributed by atoms with E-state index in [-0.39, 0.29) is 11.2 Å². The van der Waals surface area contributed by atoms with Gasteiger partial charge in [0.2, 0.25) is 5.43 Å². The fourth-order valence-electron chi connectivity index (χ4n) is 2.85. The number of benzene rings is 2. The SMILES string of the molecule is COc1cccc(-n2c3ccccc3c(=O)c3c(N)[nH]nc32)c1. The molecule has 4 rings (SSSR count). The lowest BCUT2D eigenvalue weighted by molar-refractivity contribution is 0.414. The van der Waals surface area contributed by atoms with Gasteiger partial charge in [-0.25, -0.2) is 0 Å². The summed E-state index contributed by atoms with van der Waals surface area (Å²) in [6, 6.07) is 15.0. The molecule has 0 aliphatic heterocycles. The van der Waals surface area contributed by atoms with E-state index in [9.17, 15) is 4.79 Å². The lowest BCUT2D eigenvalue weighted by Crippen LogP contribution is -2.10. The molecule has 23 heavy (non-hydrogen) atoms. The molecule has 0 saturated carbocycles. The number of methoxy groups -OCH3 is 1. The topological polar surface area (TPSA) is 85.9 Å². The van der Waals surface area contributed by atoms with Gasteiger partial charge in [-0.05, 0) is 24.3 Å². The normalized spacial score (nSPS) is 11.2. The van der Waals surface area contributed by atoms with Crippen LogP contribution in [0.15, 0.2) is 53.3 Å². The van der Waals surface area contributed by atoms with Crippen LogP contribution in [-0.2, 0) is 0 Å². The Labute approximate surface area is 131 Å². The van der Waals surface area contributed by atoms with Gasteiger partial charge in [0, 0.05) is 11.5 Å². The lowest BCUT2D eigenvalue weighted by Gasteiger charge is -2.13. The first-order chi connectivity index (χ1) is 11.2. The van der Waals surface area contributed by atoms with Crippen LogP contribution in [0.1, 0.15) is 0 Å². The molecule has 6 nitrogen and oxygen atoms in total. The van der Waals surface area contributed by atoms with Gasteiger partial charge in [0.25, 0.3) is 0 Å². The van der Waals surface area contributed by atoms with Crippen LogP contribution in [0, 0.1) is 0 Å². The number of hydrogen-bond acceptors (Lipinski definition) is 4. The Bertz CT molecular complexity index is 1090. The highest BCUT2D eigenvalue weighted by atomic mass is 16.5. The summed E-state index contributed by atoms with van der Waals surface area (Å²) < 4.78 is 7.21. The molecule has 6 heteroatoms. The Kier molecular flexibility index (Phi) is 2.84. The summed E-state index contributed by atoms with van der Waals surface area (Å²) in [5.41, 5.74) is 7.90. The molecule has 0 aliphatic carbocycles. The highest BCUT2D eigenvalue weighted by molar-refractivity contribution is 5.98. The first-order valence-electron chi connectivity index (χ1n) is 7.12. The van der Waals surface area contributed by atoms with Gasteiger partial charge in [-0.3, -0.25) is 14.5 Å². The molecule has 0 unspecified atom stereocenters. The number of rotatable bonds is 2. The fraction of sp³-hybridized carbons (Fsp3) is 0.0588. The standard InChI is InChI=1S/C17H14N4O2/c1-23-11-6-4-5-10(9-11)21-13-8-3-2-7-12(13)15(22)14-16(18)19-20-17(14)21/h2-9H,1H3,(H3,18,19,20). The summed E-state index contributed by atoms with van der Waals surface area (Å²) in [5, 5.41) is 7.93. The third-order valence-electron chi connectivity index (χ3n) is 3.92. The zero-order chi connectivity index (χ0) is 16.0. The number of anilines is 1. The van der Waals surface area contributed by atoms with Gasteiger partial charge < -0.3 is 10.5 Å². The van der Waals surface area contributed by atoms with Crippen molar-refractivity contribution in [2.24, 2.45) is 0 Å². The number of fused-ring (bicyclic) bond motifs is 2. The zero-order valence-corrected chi connectivity index (χ0v) is 12.4. The third kappa shape index (κ3) is 1.88. The Balaban J connectivity index is 2.23. The van der Waals surface area contributed by atoms with E-state index < -0.39 is 0 Å². The van der Waals surface area contributed by atoms with Crippen molar-refractivity contribution >= 4 is 27.8 Å². The average Bonchev–Trinajstić information content (AvgIpc) is 2.97. The number of nitrogens with zero attached hydrogens (tertiary/aromatic N) is 2. The van der Waals surface area contributed by atoms with Gasteiger partial charge in [-0.1, -0.05) is 18.2 Å². The summed E-state index contributed by atoms with van der Waals surface area (Å²) in [7, 11) is 1.62. The zero-order valence-electron chi connectivity index (χ0n) is 12.4. The van der Waals surface area contributed by atoms with Crippen molar-refractivity contribution < 1.29 is 4.74 Å². The van der Waals surface area contributed by atoms with Gasteiger partial charge in [-0.2, -0.15) is 5.10 Å². The highest BCUT2D eigenvalue weighted by Crippen LogP contribution is 2.26. The van der Waals surface area contributed by atoms with Crippen molar-refractivity contribution in [2.45, 2.75) is 0 Å². The van der Waals surface area contributed by atoms with Crippen LogP contribution in [0.4, 0.5) is 5.82 Å². The highest BCUT2D eigenvalue weighted by Gasteiger charge is 2.16. The number of hydrogen-bond donors (Lipinski definition) is 2. The second-order valence-corrected chi connectivity index (χ2v) is 5.22.